The topological polar surface area (TPSA) is 82.5 Å². The summed E-state index contributed by atoms with van der Waals surface area (Å²) in [5, 5.41) is 8.08. The van der Waals surface area contributed by atoms with E-state index >= 15 is 0 Å². The molecule has 0 saturated carbocycles. The van der Waals surface area contributed by atoms with Gasteiger partial charge in [0, 0.05) is 5.39 Å². The Bertz CT molecular complexity index is 1290. The summed E-state index contributed by atoms with van der Waals surface area (Å²) < 4.78 is 25.9. The van der Waals surface area contributed by atoms with Crippen LogP contribution in [0.2, 0.25) is 0 Å². The summed E-state index contributed by atoms with van der Waals surface area (Å²) in [4.78, 5) is 23.7. The van der Waals surface area contributed by atoms with Crippen LogP contribution in [-0.2, 0) is 14.3 Å². The highest BCUT2D eigenvalue weighted by Crippen LogP contribution is 2.29. The predicted molar refractivity (Wildman–Crippen MR) is 125 cm³/mol. The average molecular weight is 461 g/mol. The second kappa shape index (κ2) is 10.2. The van der Waals surface area contributed by atoms with Crippen LogP contribution in [0.4, 0.5) is 4.39 Å². The van der Waals surface area contributed by atoms with Crippen LogP contribution >= 0.6 is 0 Å². The maximum absolute atomic E-state index is 13.3. The molecule has 174 valence electrons. The minimum atomic E-state index is -0.606. The molecular formula is C26H24FN3O4. The Morgan fingerprint density at radius 3 is 2.50 bits per heavy atom. The van der Waals surface area contributed by atoms with Crippen LogP contribution in [-0.4, -0.2) is 34.8 Å². The number of carbonyl (C=O) groups excluding carboxylic acids is 2. The number of benzene rings is 3. The zero-order chi connectivity index (χ0) is 24.1. The highest BCUT2D eigenvalue weighted by atomic mass is 19.1. The Morgan fingerprint density at radius 1 is 1.06 bits per heavy atom. The number of esters is 1. The van der Waals surface area contributed by atoms with Gasteiger partial charge in [0.2, 0.25) is 5.91 Å². The lowest BCUT2D eigenvalue weighted by molar-refractivity contribution is -0.144. The van der Waals surface area contributed by atoms with E-state index in [2.05, 4.69) is 15.2 Å². The Morgan fingerprint density at radius 2 is 1.79 bits per heavy atom. The van der Waals surface area contributed by atoms with Gasteiger partial charge in [-0.2, -0.15) is 5.10 Å². The minimum absolute atomic E-state index is 0.310. The number of nitrogens with one attached hydrogen (secondary N) is 1. The molecule has 0 bridgehead atoms. The molecule has 0 aliphatic carbocycles. The lowest BCUT2D eigenvalue weighted by atomic mass is 10.0. The Kier molecular flexibility index (Phi) is 6.87. The van der Waals surface area contributed by atoms with E-state index in [1.807, 2.05) is 55.5 Å². The molecule has 0 aliphatic heterocycles. The van der Waals surface area contributed by atoms with Crippen molar-refractivity contribution >= 4 is 22.8 Å². The molecule has 7 nitrogen and oxygen atoms in total. The summed E-state index contributed by atoms with van der Waals surface area (Å²) >= 11 is 0. The monoisotopic (exact) mass is 461 g/mol. The Hall–Kier alpha value is -4.20. The second-order valence-electron chi connectivity index (χ2n) is 7.81. The van der Waals surface area contributed by atoms with E-state index in [4.69, 9.17) is 4.74 Å². The van der Waals surface area contributed by atoms with Gasteiger partial charge in [0.15, 0.2) is 0 Å². The first-order valence-corrected chi connectivity index (χ1v) is 10.8. The number of amides is 1. The molecule has 2 atom stereocenters. The van der Waals surface area contributed by atoms with Crippen molar-refractivity contribution in [2.45, 2.75) is 25.5 Å². The van der Waals surface area contributed by atoms with Crippen molar-refractivity contribution in [1.29, 1.82) is 0 Å². The van der Waals surface area contributed by atoms with E-state index in [0.29, 0.717) is 5.75 Å². The number of fused-ring (bicyclic) bond motifs is 1. The van der Waals surface area contributed by atoms with E-state index in [-0.39, 0.29) is 12.2 Å². The van der Waals surface area contributed by atoms with Gasteiger partial charge in [-0.1, -0.05) is 30.3 Å². The first-order valence-electron chi connectivity index (χ1n) is 10.8. The van der Waals surface area contributed by atoms with E-state index < -0.39 is 24.0 Å². The third-order valence-corrected chi connectivity index (χ3v) is 5.38. The van der Waals surface area contributed by atoms with Crippen molar-refractivity contribution in [2.24, 2.45) is 0 Å². The quantitative estimate of drug-likeness (QED) is 0.312. The average Bonchev–Trinajstić information content (AvgIpc) is 3.26. The number of nitrogens with zero attached hydrogens (tertiary/aromatic N) is 2. The molecular weight excluding hydrogens is 437 g/mol. The molecule has 4 aromatic rings. The van der Waals surface area contributed by atoms with Crippen LogP contribution < -0.4 is 10.1 Å². The predicted octanol–water partition coefficient (Wildman–Crippen LogP) is 4.35. The van der Waals surface area contributed by atoms with Crippen LogP contribution in [0.1, 0.15) is 25.0 Å². The van der Waals surface area contributed by atoms with Crippen molar-refractivity contribution in [2.75, 3.05) is 7.11 Å². The first kappa shape index (κ1) is 23.0. The fourth-order valence-electron chi connectivity index (χ4n) is 3.70. The third kappa shape index (κ3) is 5.23. The van der Waals surface area contributed by atoms with Crippen molar-refractivity contribution in [3.8, 4) is 11.4 Å². The van der Waals surface area contributed by atoms with Gasteiger partial charge in [-0.05, 0) is 55.0 Å². The number of carbonyl (C=O) groups is 2. The lowest BCUT2D eigenvalue weighted by Crippen LogP contribution is -2.40. The molecule has 1 aromatic heterocycles. The van der Waals surface area contributed by atoms with Crippen LogP contribution in [0.5, 0.6) is 5.75 Å². The fraction of sp³-hybridized carbons (Fsp3) is 0.192. The van der Waals surface area contributed by atoms with Gasteiger partial charge in [-0.3, -0.25) is 9.59 Å². The van der Waals surface area contributed by atoms with Gasteiger partial charge in [-0.15, -0.1) is 0 Å². The molecule has 4 rings (SSSR count). The maximum Gasteiger partial charge on any atom is 0.315 e. The summed E-state index contributed by atoms with van der Waals surface area (Å²) in [5.41, 5.74) is 2.46. The molecule has 0 saturated heterocycles. The molecule has 34 heavy (non-hydrogen) atoms. The van der Waals surface area contributed by atoms with E-state index in [0.717, 1.165) is 22.2 Å². The highest BCUT2D eigenvalue weighted by Gasteiger charge is 2.24. The molecule has 1 heterocycles. The Labute approximate surface area is 196 Å². The van der Waals surface area contributed by atoms with Gasteiger partial charge >= 0.3 is 5.97 Å². The smallest absolute Gasteiger partial charge is 0.315 e. The van der Waals surface area contributed by atoms with E-state index in [1.54, 1.807) is 23.0 Å². The number of hydrogen-bond acceptors (Lipinski definition) is 5. The number of halogens is 1. The summed E-state index contributed by atoms with van der Waals surface area (Å²) in [5.74, 6) is -0.768. The van der Waals surface area contributed by atoms with Gasteiger partial charge in [0.25, 0.3) is 0 Å². The number of methoxy groups -OCH3 is 1. The second-order valence-corrected chi connectivity index (χ2v) is 7.81. The standard InChI is InChI=1S/C26H24FN3O4/c1-17(29-24(31)15-25(32)33-2)26(18-6-4-3-5-7-18)34-22-12-13-23-19(14-22)16-28-30(23)21-10-8-20(27)9-11-21/h3-14,16-17,26H,15H2,1-2H3,(H,29,31)/t17-,26-/m0/s1. The largest absolute Gasteiger partial charge is 0.484 e. The third-order valence-electron chi connectivity index (χ3n) is 5.38. The van der Waals surface area contributed by atoms with E-state index in [1.165, 1.54) is 19.2 Å². The number of ether oxygens (including phenoxy) is 2. The van der Waals surface area contributed by atoms with Crippen molar-refractivity contribution in [3.63, 3.8) is 0 Å². The SMILES string of the molecule is COC(=O)CC(=O)N[C@@H](C)[C@H](Oc1ccc2c(cnn2-c2ccc(F)cc2)c1)c1ccccc1. The van der Waals surface area contributed by atoms with Crippen molar-refractivity contribution < 1.29 is 23.5 Å². The molecule has 1 amide bonds. The summed E-state index contributed by atoms with van der Waals surface area (Å²) in [6.07, 6.45) is 0.842. The molecule has 0 unspecified atom stereocenters. The summed E-state index contributed by atoms with van der Waals surface area (Å²) in [7, 11) is 1.24. The molecule has 8 heteroatoms. The number of rotatable bonds is 8. The molecule has 0 radical (unpaired) electrons. The van der Waals surface area contributed by atoms with E-state index in [9.17, 15) is 14.0 Å². The molecule has 0 fully saturated rings. The van der Waals surface area contributed by atoms with Crippen molar-refractivity contribution in [1.82, 2.24) is 15.1 Å². The fourth-order valence-corrected chi connectivity index (χ4v) is 3.70. The van der Waals surface area contributed by atoms with Crippen LogP contribution in [0.3, 0.4) is 0 Å². The molecule has 3 aromatic carbocycles. The van der Waals surface area contributed by atoms with Crippen LogP contribution in [0, 0.1) is 5.82 Å². The first-order chi connectivity index (χ1) is 16.4. The minimum Gasteiger partial charge on any atom is -0.484 e. The molecule has 1 N–H and O–H groups in total. The number of hydrogen-bond donors (Lipinski definition) is 1. The van der Waals surface area contributed by atoms with Gasteiger partial charge in [0.05, 0.1) is 30.6 Å². The number of aromatic nitrogens is 2. The lowest BCUT2D eigenvalue weighted by Gasteiger charge is -2.26. The zero-order valence-electron chi connectivity index (χ0n) is 18.8. The van der Waals surface area contributed by atoms with Crippen molar-refractivity contribution in [3.05, 3.63) is 90.4 Å². The van der Waals surface area contributed by atoms with Crippen LogP contribution in [0.15, 0.2) is 79.0 Å². The Balaban J connectivity index is 1.58. The van der Waals surface area contributed by atoms with Gasteiger partial charge < -0.3 is 14.8 Å². The summed E-state index contributed by atoms with van der Waals surface area (Å²) in [6.45, 7) is 1.82. The maximum atomic E-state index is 13.3. The van der Waals surface area contributed by atoms with Gasteiger partial charge in [-0.25, -0.2) is 9.07 Å². The highest BCUT2D eigenvalue weighted by molar-refractivity contribution is 5.94. The van der Waals surface area contributed by atoms with Gasteiger partial charge in [0.1, 0.15) is 24.1 Å². The summed E-state index contributed by atoms with van der Waals surface area (Å²) in [6, 6.07) is 20.8. The zero-order valence-corrected chi connectivity index (χ0v) is 18.8. The molecule has 0 aliphatic rings. The van der Waals surface area contributed by atoms with Crippen LogP contribution in [0.25, 0.3) is 16.6 Å². The normalized spacial score (nSPS) is 12.7. The molecule has 0 spiro atoms.